The number of amides is 2. The van der Waals surface area contributed by atoms with E-state index in [0.717, 1.165) is 5.56 Å². The van der Waals surface area contributed by atoms with Crippen molar-refractivity contribution in [3.8, 4) is 5.75 Å². The summed E-state index contributed by atoms with van der Waals surface area (Å²) in [6, 6.07) is 17.2. The van der Waals surface area contributed by atoms with E-state index in [1.165, 1.54) is 5.56 Å². The lowest BCUT2D eigenvalue weighted by atomic mass is 10.0. The third-order valence-electron chi connectivity index (χ3n) is 4.91. The van der Waals surface area contributed by atoms with E-state index in [-0.39, 0.29) is 18.4 Å². The standard InChI is InChI=1S/C24H32N2O3/c1-5-25-24(28)19(4)26(16-15-20-9-7-6-8-10-20)23(27)17-29-22-13-11-21(12-14-22)18(2)3/h6-14,18-19H,5,15-17H2,1-4H3,(H,25,28)/t19-/m1/s1. The first-order valence-corrected chi connectivity index (χ1v) is 10.3. The first-order chi connectivity index (χ1) is 13.9. The first-order valence-electron chi connectivity index (χ1n) is 10.3. The van der Waals surface area contributed by atoms with Gasteiger partial charge in [0.1, 0.15) is 11.8 Å². The van der Waals surface area contributed by atoms with E-state index < -0.39 is 6.04 Å². The normalized spacial score (nSPS) is 11.8. The average molecular weight is 397 g/mol. The Morgan fingerprint density at radius 3 is 2.24 bits per heavy atom. The van der Waals surface area contributed by atoms with E-state index in [2.05, 4.69) is 19.2 Å². The van der Waals surface area contributed by atoms with Gasteiger partial charge in [-0.2, -0.15) is 0 Å². The SMILES string of the molecule is CCNC(=O)[C@@H](C)N(CCc1ccccc1)C(=O)COc1ccc(C(C)C)cc1. The molecule has 29 heavy (non-hydrogen) atoms. The molecule has 0 aliphatic carbocycles. The fourth-order valence-corrected chi connectivity index (χ4v) is 3.07. The molecule has 156 valence electrons. The van der Waals surface area contributed by atoms with E-state index in [4.69, 9.17) is 4.74 Å². The van der Waals surface area contributed by atoms with Crippen molar-refractivity contribution in [2.45, 2.75) is 46.1 Å². The number of carbonyl (C=O) groups is 2. The van der Waals surface area contributed by atoms with E-state index in [0.29, 0.717) is 31.2 Å². The summed E-state index contributed by atoms with van der Waals surface area (Å²) in [5.74, 6) is 0.733. The molecule has 0 saturated heterocycles. The van der Waals surface area contributed by atoms with Gasteiger partial charge in [-0.05, 0) is 49.4 Å². The van der Waals surface area contributed by atoms with Crippen molar-refractivity contribution < 1.29 is 14.3 Å². The first kappa shape index (κ1) is 22.5. The molecule has 0 bridgehead atoms. The maximum atomic E-state index is 12.9. The molecule has 0 aliphatic rings. The highest BCUT2D eigenvalue weighted by Crippen LogP contribution is 2.18. The minimum atomic E-state index is -0.557. The van der Waals surface area contributed by atoms with Crippen LogP contribution in [-0.4, -0.2) is 42.5 Å². The quantitative estimate of drug-likeness (QED) is 0.665. The van der Waals surface area contributed by atoms with E-state index in [1.54, 1.807) is 11.8 Å². The number of benzene rings is 2. The summed E-state index contributed by atoms with van der Waals surface area (Å²) in [6.07, 6.45) is 0.680. The highest BCUT2D eigenvalue weighted by molar-refractivity contribution is 5.87. The summed E-state index contributed by atoms with van der Waals surface area (Å²) in [4.78, 5) is 26.8. The van der Waals surface area contributed by atoms with Crippen molar-refractivity contribution in [1.29, 1.82) is 0 Å². The fourth-order valence-electron chi connectivity index (χ4n) is 3.07. The zero-order chi connectivity index (χ0) is 21.2. The van der Waals surface area contributed by atoms with Crippen molar-refractivity contribution >= 4 is 11.8 Å². The summed E-state index contributed by atoms with van der Waals surface area (Å²) in [6.45, 7) is 8.77. The number of hydrogen-bond donors (Lipinski definition) is 1. The van der Waals surface area contributed by atoms with Crippen LogP contribution < -0.4 is 10.1 Å². The van der Waals surface area contributed by atoms with Gasteiger partial charge in [-0.1, -0.05) is 56.3 Å². The third-order valence-corrected chi connectivity index (χ3v) is 4.91. The second kappa shape index (κ2) is 11.2. The number of ether oxygens (including phenoxy) is 1. The molecular formula is C24H32N2O3. The molecule has 0 aliphatic heterocycles. The third kappa shape index (κ3) is 6.93. The summed E-state index contributed by atoms with van der Waals surface area (Å²) in [7, 11) is 0. The lowest BCUT2D eigenvalue weighted by Crippen LogP contribution is -2.50. The van der Waals surface area contributed by atoms with Gasteiger partial charge in [-0.3, -0.25) is 9.59 Å². The largest absolute Gasteiger partial charge is 0.484 e. The molecule has 2 aromatic carbocycles. The Morgan fingerprint density at radius 2 is 1.66 bits per heavy atom. The zero-order valence-electron chi connectivity index (χ0n) is 17.9. The Hall–Kier alpha value is -2.82. The van der Waals surface area contributed by atoms with Gasteiger partial charge < -0.3 is 15.0 Å². The molecule has 5 nitrogen and oxygen atoms in total. The molecule has 0 spiro atoms. The van der Waals surface area contributed by atoms with Crippen LogP contribution in [0.4, 0.5) is 0 Å². The number of likely N-dealkylation sites (N-methyl/N-ethyl adjacent to an activating group) is 1. The highest BCUT2D eigenvalue weighted by Gasteiger charge is 2.25. The lowest BCUT2D eigenvalue weighted by molar-refractivity contribution is -0.141. The summed E-state index contributed by atoms with van der Waals surface area (Å²) in [5.41, 5.74) is 2.34. The van der Waals surface area contributed by atoms with Crippen molar-refractivity contribution in [3.63, 3.8) is 0 Å². The van der Waals surface area contributed by atoms with Gasteiger partial charge in [0.2, 0.25) is 5.91 Å². The minimum Gasteiger partial charge on any atom is -0.484 e. The number of nitrogens with one attached hydrogen (secondary N) is 1. The van der Waals surface area contributed by atoms with Crippen molar-refractivity contribution in [2.24, 2.45) is 0 Å². The van der Waals surface area contributed by atoms with E-state index >= 15 is 0 Å². The highest BCUT2D eigenvalue weighted by atomic mass is 16.5. The maximum absolute atomic E-state index is 12.9. The van der Waals surface area contributed by atoms with E-state index in [1.807, 2.05) is 61.5 Å². The molecule has 2 rings (SSSR count). The Balaban J connectivity index is 2.03. The van der Waals surface area contributed by atoms with Crippen molar-refractivity contribution in [2.75, 3.05) is 19.7 Å². The fraction of sp³-hybridized carbons (Fsp3) is 0.417. The van der Waals surface area contributed by atoms with Crippen LogP contribution in [-0.2, 0) is 16.0 Å². The zero-order valence-corrected chi connectivity index (χ0v) is 17.9. The van der Waals surface area contributed by atoms with Crippen LogP contribution in [0, 0.1) is 0 Å². The van der Waals surface area contributed by atoms with Crippen molar-refractivity contribution in [1.82, 2.24) is 10.2 Å². The molecular weight excluding hydrogens is 364 g/mol. The molecule has 0 aromatic heterocycles. The summed E-state index contributed by atoms with van der Waals surface area (Å²) < 4.78 is 5.70. The van der Waals surface area contributed by atoms with Gasteiger partial charge in [0.05, 0.1) is 0 Å². The number of nitrogens with zero attached hydrogens (tertiary/aromatic N) is 1. The Kier molecular flexibility index (Phi) is 8.71. The van der Waals surface area contributed by atoms with Crippen LogP contribution >= 0.6 is 0 Å². The molecule has 0 saturated carbocycles. The predicted molar refractivity (Wildman–Crippen MR) is 116 cm³/mol. The van der Waals surface area contributed by atoms with Gasteiger partial charge >= 0.3 is 0 Å². The second-order valence-corrected chi connectivity index (χ2v) is 7.41. The van der Waals surface area contributed by atoms with Crippen LogP contribution in [0.1, 0.15) is 44.7 Å². The second-order valence-electron chi connectivity index (χ2n) is 7.41. The predicted octanol–water partition coefficient (Wildman–Crippen LogP) is 3.78. The van der Waals surface area contributed by atoms with Crippen LogP contribution in [0.5, 0.6) is 5.75 Å². The topological polar surface area (TPSA) is 58.6 Å². The molecule has 5 heteroatoms. The number of rotatable bonds is 10. The van der Waals surface area contributed by atoms with Crippen LogP contribution in [0.15, 0.2) is 54.6 Å². The Bertz CT molecular complexity index is 772. The molecule has 1 N–H and O–H groups in total. The Labute approximate surface area is 174 Å². The maximum Gasteiger partial charge on any atom is 0.261 e. The minimum absolute atomic E-state index is 0.0977. The number of carbonyl (C=O) groups excluding carboxylic acids is 2. The molecule has 0 heterocycles. The van der Waals surface area contributed by atoms with Gasteiger partial charge in [0, 0.05) is 13.1 Å². The molecule has 0 radical (unpaired) electrons. The molecule has 2 amide bonds. The molecule has 0 fully saturated rings. The van der Waals surface area contributed by atoms with Gasteiger partial charge in [0.15, 0.2) is 6.61 Å². The van der Waals surface area contributed by atoms with Crippen LogP contribution in [0.3, 0.4) is 0 Å². The molecule has 0 unspecified atom stereocenters. The average Bonchev–Trinajstić information content (AvgIpc) is 2.73. The smallest absolute Gasteiger partial charge is 0.261 e. The van der Waals surface area contributed by atoms with Crippen molar-refractivity contribution in [3.05, 3.63) is 65.7 Å². The molecule has 1 atom stereocenters. The van der Waals surface area contributed by atoms with Gasteiger partial charge in [-0.25, -0.2) is 0 Å². The Morgan fingerprint density at radius 1 is 1.00 bits per heavy atom. The van der Waals surface area contributed by atoms with Crippen LogP contribution in [0.2, 0.25) is 0 Å². The monoisotopic (exact) mass is 396 g/mol. The number of hydrogen-bond acceptors (Lipinski definition) is 3. The van der Waals surface area contributed by atoms with Gasteiger partial charge in [-0.15, -0.1) is 0 Å². The summed E-state index contributed by atoms with van der Waals surface area (Å²) >= 11 is 0. The summed E-state index contributed by atoms with van der Waals surface area (Å²) in [5, 5.41) is 2.80. The van der Waals surface area contributed by atoms with E-state index in [9.17, 15) is 9.59 Å². The molecule has 2 aromatic rings. The van der Waals surface area contributed by atoms with Gasteiger partial charge in [0.25, 0.3) is 5.91 Å². The lowest BCUT2D eigenvalue weighted by Gasteiger charge is -2.28. The van der Waals surface area contributed by atoms with Crippen LogP contribution in [0.25, 0.3) is 0 Å².